The van der Waals surface area contributed by atoms with E-state index in [0.717, 1.165) is 11.3 Å². The van der Waals surface area contributed by atoms with Crippen molar-refractivity contribution in [3.63, 3.8) is 0 Å². The molecule has 0 saturated carbocycles. The molecule has 6 heteroatoms. The largest absolute Gasteiger partial charge is 0.370 e. The van der Waals surface area contributed by atoms with E-state index in [2.05, 4.69) is 4.98 Å². The summed E-state index contributed by atoms with van der Waals surface area (Å²) in [4.78, 5) is 18.6. The first-order valence-electron chi connectivity index (χ1n) is 7.20. The zero-order chi connectivity index (χ0) is 15.7. The van der Waals surface area contributed by atoms with Crippen molar-refractivity contribution < 1.29 is 13.9 Å². The molecule has 0 aliphatic carbocycles. The van der Waals surface area contributed by atoms with Gasteiger partial charge in [-0.2, -0.15) is 0 Å². The van der Waals surface area contributed by atoms with E-state index in [1.165, 1.54) is 12.1 Å². The van der Waals surface area contributed by atoms with Crippen LogP contribution in [0.5, 0.6) is 0 Å². The van der Waals surface area contributed by atoms with Crippen LogP contribution in [0.4, 0.5) is 4.39 Å². The zero-order valence-corrected chi connectivity index (χ0v) is 12.6. The van der Waals surface area contributed by atoms with E-state index >= 15 is 0 Å². The maximum atomic E-state index is 13.0. The average Bonchev–Trinajstić information content (AvgIpc) is 2.86. The van der Waals surface area contributed by atoms with E-state index < -0.39 is 0 Å². The van der Waals surface area contributed by atoms with Gasteiger partial charge in [0.1, 0.15) is 17.6 Å². The Morgan fingerprint density at radius 1 is 1.36 bits per heavy atom. The van der Waals surface area contributed by atoms with Gasteiger partial charge in [-0.15, -0.1) is 0 Å². The molecule has 2 aromatic rings. The minimum Gasteiger partial charge on any atom is -0.370 e. The molecule has 1 atom stereocenters. The highest BCUT2D eigenvalue weighted by atomic mass is 19.1. The molecule has 1 amide bonds. The van der Waals surface area contributed by atoms with Crippen molar-refractivity contribution >= 4 is 5.91 Å². The Bertz CT molecular complexity index is 662. The number of amides is 1. The third-order valence-corrected chi connectivity index (χ3v) is 3.92. The maximum absolute atomic E-state index is 13.0. The fraction of sp³-hybridized carbons (Fsp3) is 0.375. The third kappa shape index (κ3) is 2.74. The molecule has 1 saturated heterocycles. The van der Waals surface area contributed by atoms with E-state index in [1.807, 2.05) is 14.0 Å². The van der Waals surface area contributed by atoms with Crippen molar-refractivity contribution in [3.8, 4) is 0 Å². The average molecular weight is 303 g/mol. The Labute approximate surface area is 128 Å². The maximum Gasteiger partial charge on any atom is 0.272 e. The molecule has 2 heterocycles. The molecule has 1 aromatic heterocycles. The van der Waals surface area contributed by atoms with E-state index in [1.54, 1.807) is 27.9 Å². The van der Waals surface area contributed by atoms with Crippen LogP contribution in [0.1, 0.15) is 27.8 Å². The standard InChI is InChI=1S/C16H18FN3O2/c1-11-15(19(2)10-18-11)16(21)20-7-8-22-14(9-20)12-3-5-13(17)6-4-12/h3-6,10,14H,7-9H2,1-2H3/t14-/m1/s1. The quantitative estimate of drug-likeness (QED) is 0.853. The number of imidazole rings is 1. The Balaban J connectivity index is 1.78. The topological polar surface area (TPSA) is 47.4 Å². The zero-order valence-electron chi connectivity index (χ0n) is 12.6. The monoisotopic (exact) mass is 303 g/mol. The van der Waals surface area contributed by atoms with Gasteiger partial charge in [0.25, 0.3) is 5.91 Å². The van der Waals surface area contributed by atoms with E-state index in [-0.39, 0.29) is 17.8 Å². The summed E-state index contributed by atoms with van der Waals surface area (Å²) in [6, 6.07) is 6.21. The summed E-state index contributed by atoms with van der Waals surface area (Å²) < 4.78 is 20.5. The Morgan fingerprint density at radius 2 is 2.09 bits per heavy atom. The SMILES string of the molecule is Cc1ncn(C)c1C(=O)N1CCO[C@@H](c2ccc(F)cc2)C1. The van der Waals surface area contributed by atoms with Crippen LogP contribution in [0.3, 0.4) is 0 Å². The van der Waals surface area contributed by atoms with Gasteiger partial charge in [-0.05, 0) is 24.6 Å². The number of carbonyl (C=O) groups excluding carboxylic acids is 1. The van der Waals surface area contributed by atoms with Crippen LogP contribution in [-0.2, 0) is 11.8 Å². The van der Waals surface area contributed by atoms with Crippen molar-refractivity contribution in [1.29, 1.82) is 0 Å². The van der Waals surface area contributed by atoms with Crippen molar-refractivity contribution in [2.45, 2.75) is 13.0 Å². The molecule has 1 aliphatic heterocycles. The lowest BCUT2D eigenvalue weighted by atomic mass is 10.1. The van der Waals surface area contributed by atoms with Gasteiger partial charge in [-0.3, -0.25) is 4.79 Å². The van der Waals surface area contributed by atoms with Gasteiger partial charge in [0.15, 0.2) is 0 Å². The first-order chi connectivity index (χ1) is 10.6. The molecular weight excluding hydrogens is 285 g/mol. The predicted octanol–water partition coefficient (Wildman–Crippen LogP) is 2.08. The summed E-state index contributed by atoms with van der Waals surface area (Å²) in [6.45, 7) is 3.28. The van der Waals surface area contributed by atoms with Crippen LogP contribution in [0.15, 0.2) is 30.6 Å². The molecule has 3 rings (SSSR count). The lowest BCUT2D eigenvalue weighted by molar-refractivity contribution is -0.0231. The molecule has 0 unspecified atom stereocenters. The number of benzene rings is 1. The molecule has 0 radical (unpaired) electrons. The number of aryl methyl sites for hydroxylation is 2. The molecule has 0 spiro atoms. The second kappa shape index (κ2) is 5.88. The third-order valence-electron chi connectivity index (χ3n) is 3.92. The molecule has 116 valence electrons. The molecule has 0 N–H and O–H groups in total. The normalized spacial score (nSPS) is 18.5. The van der Waals surface area contributed by atoms with Crippen molar-refractivity contribution in [2.75, 3.05) is 19.7 Å². The Kier molecular flexibility index (Phi) is 3.94. The number of nitrogens with zero attached hydrogens (tertiary/aromatic N) is 3. The molecule has 1 fully saturated rings. The minimum atomic E-state index is -0.280. The van der Waals surface area contributed by atoms with Gasteiger partial charge in [0.05, 0.1) is 25.2 Å². The summed E-state index contributed by atoms with van der Waals surface area (Å²) in [7, 11) is 1.81. The number of halogens is 1. The lowest BCUT2D eigenvalue weighted by Gasteiger charge is -2.33. The van der Waals surface area contributed by atoms with Crippen LogP contribution >= 0.6 is 0 Å². The number of hydrogen-bond acceptors (Lipinski definition) is 3. The Hall–Kier alpha value is -2.21. The lowest BCUT2D eigenvalue weighted by Crippen LogP contribution is -2.43. The molecule has 22 heavy (non-hydrogen) atoms. The highest BCUT2D eigenvalue weighted by Gasteiger charge is 2.28. The fourth-order valence-corrected chi connectivity index (χ4v) is 2.72. The molecule has 0 bridgehead atoms. The number of ether oxygens (including phenoxy) is 1. The van der Waals surface area contributed by atoms with Crippen LogP contribution < -0.4 is 0 Å². The highest BCUT2D eigenvalue weighted by Crippen LogP contribution is 2.24. The number of rotatable bonds is 2. The van der Waals surface area contributed by atoms with Gasteiger partial charge in [-0.25, -0.2) is 9.37 Å². The number of aromatic nitrogens is 2. The van der Waals surface area contributed by atoms with E-state index in [4.69, 9.17) is 4.74 Å². The summed E-state index contributed by atoms with van der Waals surface area (Å²) in [6.07, 6.45) is 1.41. The highest BCUT2D eigenvalue weighted by molar-refractivity contribution is 5.93. The number of morpholine rings is 1. The molecular formula is C16H18FN3O2. The van der Waals surface area contributed by atoms with Gasteiger partial charge in [0, 0.05) is 13.6 Å². The second-order valence-corrected chi connectivity index (χ2v) is 5.45. The first kappa shape index (κ1) is 14.7. The van der Waals surface area contributed by atoms with Crippen LogP contribution in [0.25, 0.3) is 0 Å². The van der Waals surface area contributed by atoms with Gasteiger partial charge >= 0.3 is 0 Å². The summed E-state index contributed by atoms with van der Waals surface area (Å²) in [5.41, 5.74) is 2.19. The molecule has 1 aliphatic rings. The Morgan fingerprint density at radius 3 is 2.73 bits per heavy atom. The number of carbonyl (C=O) groups is 1. The number of hydrogen-bond donors (Lipinski definition) is 0. The van der Waals surface area contributed by atoms with Crippen LogP contribution in [0, 0.1) is 12.7 Å². The first-order valence-corrected chi connectivity index (χ1v) is 7.20. The fourth-order valence-electron chi connectivity index (χ4n) is 2.72. The van der Waals surface area contributed by atoms with Gasteiger partial charge < -0.3 is 14.2 Å². The van der Waals surface area contributed by atoms with E-state index in [9.17, 15) is 9.18 Å². The predicted molar refractivity (Wildman–Crippen MR) is 78.9 cm³/mol. The van der Waals surface area contributed by atoms with Gasteiger partial charge in [-0.1, -0.05) is 12.1 Å². The van der Waals surface area contributed by atoms with Crippen LogP contribution in [0.2, 0.25) is 0 Å². The summed E-state index contributed by atoms with van der Waals surface area (Å²) in [5, 5.41) is 0. The summed E-state index contributed by atoms with van der Waals surface area (Å²) in [5.74, 6) is -0.328. The van der Waals surface area contributed by atoms with Crippen molar-refractivity contribution in [2.24, 2.45) is 7.05 Å². The van der Waals surface area contributed by atoms with Crippen LogP contribution in [-0.4, -0.2) is 40.1 Å². The smallest absolute Gasteiger partial charge is 0.272 e. The van der Waals surface area contributed by atoms with Crippen molar-refractivity contribution in [1.82, 2.24) is 14.5 Å². The molecule has 5 nitrogen and oxygen atoms in total. The summed E-state index contributed by atoms with van der Waals surface area (Å²) >= 11 is 0. The minimum absolute atomic E-state index is 0.0482. The van der Waals surface area contributed by atoms with Gasteiger partial charge in [0.2, 0.25) is 0 Å². The van der Waals surface area contributed by atoms with E-state index in [0.29, 0.717) is 25.4 Å². The van der Waals surface area contributed by atoms with Crippen molar-refractivity contribution in [3.05, 3.63) is 53.4 Å². The second-order valence-electron chi connectivity index (χ2n) is 5.45. The molecule has 1 aromatic carbocycles.